The highest BCUT2D eigenvalue weighted by molar-refractivity contribution is 5.67. The lowest BCUT2D eigenvalue weighted by Crippen LogP contribution is -2.47. The van der Waals surface area contributed by atoms with Crippen LogP contribution in [-0.2, 0) is 4.74 Å². The minimum Gasteiger partial charge on any atom is -0.449 e. The highest BCUT2D eigenvalue weighted by atomic mass is 16.6. The zero-order valence-electron chi connectivity index (χ0n) is 9.76. The van der Waals surface area contributed by atoms with Gasteiger partial charge in [-0.2, -0.15) is 0 Å². The van der Waals surface area contributed by atoms with Crippen LogP contribution in [0.2, 0.25) is 0 Å². The quantitative estimate of drug-likeness (QED) is 0.695. The van der Waals surface area contributed by atoms with Gasteiger partial charge in [0.15, 0.2) is 0 Å². The van der Waals surface area contributed by atoms with E-state index in [9.17, 15) is 9.90 Å². The highest BCUT2D eigenvalue weighted by Gasteiger charge is 2.30. The molecule has 0 bridgehead atoms. The van der Waals surface area contributed by atoms with Crippen LogP contribution >= 0.6 is 0 Å². The maximum Gasteiger partial charge on any atom is 0.409 e. The number of ether oxygens (including phenoxy) is 1. The molecule has 2 N–H and O–H groups in total. The Kier molecular flexibility index (Phi) is 5.55. The third-order valence-corrected chi connectivity index (χ3v) is 2.94. The van der Waals surface area contributed by atoms with Crippen LogP contribution in [-0.4, -0.2) is 53.6 Å². The predicted octanol–water partition coefficient (Wildman–Crippen LogP) is 0.598. The molecule has 1 amide bonds. The SMILES string of the molecule is CCCCOC(=O)N1CC[C@H](CO)[C@H](O)C1. The molecule has 0 radical (unpaired) electrons. The van der Waals surface area contributed by atoms with Crippen molar-refractivity contribution in [3.05, 3.63) is 0 Å². The lowest BCUT2D eigenvalue weighted by Gasteiger charge is -2.34. The van der Waals surface area contributed by atoms with Crippen molar-refractivity contribution in [1.82, 2.24) is 4.90 Å². The molecule has 16 heavy (non-hydrogen) atoms. The third kappa shape index (κ3) is 3.64. The van der Waals surface area contributed by atoms with Gasteiger partial charge in [-0.25, -0.2) is 4.79 Å². The summed E-state index contributed by atoms with van der Waals surface area (Å²) in [6.45, 7) is 3.25. The van der Waals surface area contributed by atoms with Crippen LogP contribution in [0.4, 0.5) is 4.79 Å². The Labute approximate surface area is 96.0 Å². The average molecular weight is 231 g/mol. The second kappa shape index (κ2) is 6.70. The molecule has 5 nitrogen and oxygen atoms in total. The van der Waals surface area contributed by atoms with Crippen LogP contribution in [0.1, 0.15) is 26.2 Å². The number of rotatable bonds is 4. The highest BCUT2D eigenvalue weighted by Crippen LogP contribution is 2.17. The Morgan fingerprint density at radius 3 is 2.88 bits per heavy atom. The number of carbonyl (C=O) groups excluding carboxylic acids is 1. The minimum atomic E-state index is -0.641. The van der Waals surface area contributed by atoms with Gasteiger partial charge < -0.3 is 19.8 Å². The Morgan fingerprint density at radius 1 is 1.56 bits per heavy atom. The van der Waals surface area contributed by atoms with Crippen molar-refractivity contribution in [3.63, 3.8) is 0 Å². The van der Waals surface area contributed by atoms with E-state index in [4.69, 9.17) is 9.84 Å². The number of amides is 1. The fraction of sp³-hybridized carbons (Fsp3) is 0.909. The second-order valence-electron chi connectivity index (χ2n) is 4.21. The number of piperidine rings is 1. The summed E-state index contributed by atoms with van der Waals surface area (Å²) < 4.78 is 5.05. The summed E-state index contributed by atoms with van der Waals surface area (Å²) in [4.78, 5) is 13.1. The van der Waals surface area contributed by atoms with Crippen LogP contribution in [0, 0.1) is 5.92 Å². The second-order valence-corrected chi connectivity index (χ2v) is 4.21. The van der Waals surface area contributed by atoms with Crippen LogP contribution < -0.4 is 0 Å². The van der Waals surface area contributed by atoms with E-state index in [0.29, 0.717) is 19.6 Å². The third-order valence-electron chi connectivity index (χ3n) is 2.94. The van der Waals surface area contributed by atoms with Gasteiger partial charge in [0.1, 0.15) is 0 Å². The van der Waals surface area contributed by atoms with Crippen LogP contribution in [0.15, 0.2) is 0 Å². The van der Waals surface area contributed by atoms with E-state index in [-0.39, 0.29) is 25.2 Å². The summed E-state index contributed by atoms with van der Waals surface area (Å²) in [6, 6.07) is 0. The van der Waals surface area contributed by atoms with E-state index in [1.165, 1.54) is 4.90 Å². The number of aliphatic hydroxyl groups is 2. The summed E-state index contributed by atoms with van der Waals surface area (Å²) in [5, 5.41) is 18.6. The summed E-state index contributed by atoms with van der Waals surface area (Å²) in [7, 11) is 0. The van der Waals surface area contributed by atoms with Crippen molar-refractivity contribution in [3.8, 4) is 0 Å². The Morgan fingerprint density at radius 2 is 2.31 bits per heavy atom. The first-order valence-electron chi connectivity index (χ1n) is 5.89. The minimum absolute atomic E-state index is 0.0279. The normalized spacial score (nSPS) is 25.6. The maximum absolute atomic E-state index is 11.5. The van der Waals surface area contributed by atoms with Crippen molar-refractivity contribution in [2.75, 3.05) is 26.3 Å². The lowest BCUT2D eigenvalue weighted by molar-refractivity contribution is -0.00397. The summed E-state index contributed by atoms with van der Waals surface area (Å²) >= 11 is 0. The van der Waals surface area contributed by atoms with Crippen LogP contribution in [0.3, 0.4) is 0 Å². The monoisotopic (exact) mass is 231 g/mol. The maximum atomic E-state index is 11.5. The molecule has 1 saturated heterocycles. The van der Waals surface area contributed by atoms with Gasteiger partial charge in [-0.15, -0.1) is 0 Å². The molecule has 0 unspecified atom stereocenters. The van der Waals surface area contributed by atoms with E-state index in [1.54, 1.807) is 0 Å². The van der Waals surface area contributed by atoms with E-state index in [0.717, 1.165) is 12.8 Å². The number of aliphatic hydroxyl groups excluding tert-OH is 2. The average Bonchev–Trinajstić information content (AvgIpc) is 2.29. The molecule has 0 spiro atoms. The van der Waals surface area contributed by atoms with Gasteiger partial charge in [0.05, 0.1) is 19.3 Å². The number of β-amino-alcohol motifs (C(OH)–C–C–N with tert-alkyl or cyclic N) is 1. The fourth-order valence-electron chi connectivity index (χ4n) is 1.75. The molecular weight excluding hydrogens is 210 g/mol. The molecule has 0 aromatic heterocycles. The molecule has 1 rings (SSSR count). The van der Waals surface area contributed by atoms with Crippen LogP contribution in [0.5, 0.6) is 0 Å². The number of hydrogen-bond donors (Lipinski definition) is 2. The first-order valence-corrected chi connectivity index (χ1v) is 5.89. The number of nitrogens with zero attached hydrogens (tertiary/aromatic N) is 1. The van der Waals surface area contributed by atoms with Crippen molar-refractivity contribution in [2.45, 2.75) is 32.3 Å². The van der Waals surface area contributed by atoms with Gasteiger partial charge in [0.2, 0.25) is 0 Å². The molecule has 0 saturated carbocycles. The van der Waals surface area contributed by atoms with E-state index < -0.39 is 6.10 Å². The lowest BCUT2D eigenvalue weighted by atomic mass is 9.95. The molecular formula is C11H21NO4. The molecule has 1 aliphatic heterocycles. The Balaban J connectivity index is 2.30. The molecule has 0 aliphatic carbocycles. The fourth-order valence-corrected chi connectivity index (χ4v) is 1.75. The molecule has 1 heterocycles. The topological polar surface area (TPSA) is 70.0 Å². The molecule has 0 aromatic carbocycles. The summed E-state index contributed by atoms with van der Waals surface area (Å²) in [6.07, 6.45) is 1.48. The first-order chi connectivity index (χ1) is 7.69. The van der Waals surface area contributed by atoms with Crippen LogP contribution in [0.25, 0.3) is 0 Å². The predicted molar refractivity (Wildman–Crippen MR) is 59.0 cm³/mol. The van der Waals surface area contributed by atoms with Gasteiger partial charge in [0.25, 0.3) is 0 Å². The largest absolute Gasteiger partial charge is 0.449 e. The van der Waals surface area contributed by atoms with Gasteiger partial charge in [0, 0.05) is 19.1 Å². The zero-order chi connectivity index (χ0) is 12.0. The Hall–Kier alpha value is -0.810. The molecule has 2 atom stereocenters. The number of likely N-dealkylation sites (tertiary alicyclic amines) is 1. The van der Waals surface area contributed by atoms with Gasteiger partial charge >= 0.3 is 6.09 Å². The van der Waals surface area contributed by atoms with E-state index >= 15 is 0 Å². The standard InChI is InChI=1S/C11H21NO4/c1-2-3-6-16-11(15)12-5-4-9(8-13)10(14)7-12/h9-10,13-14H,2-8H2,1H3/t9-,10-/m1/s1. The van der Waals surface area contributed by atoms with Crippen molar-refractivity contribution in [1.29, 1.82) is 0 Å². The molecule has 0 aromatic rings. The van der Waals surface area contributed by atoms with Gasteiger partial charge in [-0.05, 0) is 12.8 Å². The Bertz CT molecular complexity index is 222. The van der Waals surface area contributed by atoms with Crippen molar-refractivity contribution < 1.29 is 19.7 Å². The first kappa shape index (κ1) is 13.3. The number of unbranched alkanes of at least 4 members (excludes halogenated alkanes) is 1. The van der Waals surface area contributed by atoms with E-state index in [1.807, 2.05) is 6.92 Å². The summed E-state index contributed by atoms with van der Waals surface area (Å²) in [5.41, 5.74) is 0. The van der Waals surface area contributed by atoms with Crippen molar-refractivity contribution in [2.24, 2.45) is 5.92 Å². The van der Waals surface area contributed by atoms with Gasteiger partial charge in [-0.1, -0.05) is 13.3 Å². The molecule has 1 fully saturated rings. The zero-order valence-corrected chi connectivity index (χ0v) is 9.76. The number of hydrogen-bond acceptors (Lipinski definition) is 4. The molecule has 1 aliphatic rings. The van der Waals surface area contributed by atoms with E-state index in [2.05, 4.69) is 0 Å². The summed E-state index contributed by atoms with van der Waals surface area (Å²) in [5.74, 6) is -0.111. The van der Waals surface area contributed by atoms with Gasteiger partial charge in [-0.3, -0.25) is 0 Å². The number of carbonyl (C=O) groups is 1. The molecule has 5 heteroatoms. The van der Waals surface area contributed by atoms with Crippen molar-refractivity contribution >= 4 is 6.09 Å². The molecule has 94 valence electrons. The smallest absolute Gasteiger partial charge is 0.409 e.